The van der Waals surface area contributed by atoms with Crippen molar-refractivity contribution in [1.82, 2.24) is 0 Å². The summed E-state index contributed by atoms with van der Waals surface area (Å²) < 4.78 is 0. The molecule has 2 heterocycles. The maximum atomic E-state index is 2.43. The van der Waals surface area contributed by atoms with Crippen molar-refractivity contribution in [2.45, 2.75) is 32.4 Å². The molecule has 14 rings (SSSR count). The lowest BCUT2D eigenvalue weighted by Gasteiger charge is -2.31. The van der Waals surface area contributed by atoms with E-state index in [1.807, 2.05) is 23.5 Å². The molecule has 2 aliphatic heterocycles. The second kappa shape index (κ2) is 15.0. The van der Waals surface area contributed by atoms with Crippen LogP contribution in [0.15, 0.2) is 238 Å². The molecule has 2 nitrogen and oxygen atoms in total. The zero-order chi connectivity index (χ0) is 43.3. The van der Waals surface area contributed by atoms with E-state index in [4.69, 9.17) is 0 Å². The molecule has 11 aromatic carbocycles. The Morgan fingerprint density at radius 3 is 0.879 bits per heavy atom. The summed E-state index contributed by atoms with van der Waals surface area (Å²) in [6.07, 6.45) is 2.02. The van der Waals surface area contributed by atoms with Gasteiger partial charge in [-0.15, -0.1) is 0 Å². The minimum Gasteiger partial charge on any atom is -0.310 e. The summed E-state index contributed by atoms with van der Waals surface area (Å²) >= 11 is 3.86. The summed E-state index contributed by atoms with van der Waals surface area (Å²) in [6, 6.07) is 81.1. The number of fused-ring (bicyclic) bond motifs is 8. The lowest BCUT2D eigenvalue weighted by Crippen LogP contribution is -2.38. The fourth-order valence-electron chi connectivity index (χ4n) is 10.7. The minimum absolute atomic E-state index is 1.01. The van der Waals surface area contributed by atoms with Crippen LogP contribution in [-0.4, -0.2) is 0 Å². The predicted octanol–water partition coefficient (Wildman–Crippen LogP) is 16.4. The number of rotatable bonds is 6. The van der Waals surface area contributed by atoms with Crippen LogP contribution >= 0.6 is 23.5 Å². The van der Waals surface area contributed by atoms with Gasteiger partial charge in [-0.2, -0.15) is 0 Å². The Morgan fingerprint density at radius 2 is 0.545 bits per heavy atom. The average molecular weight is 877 g/mol. The molecule has 0 fully saturated rings. The van der Waals surface area contributed by atoms with Crippen LogP contribution < -0.4 is 20.2 Å². The Balaban J connectivity index is 0.884. The van der Waals surface area contributed by atoms with Gasteiger partial charge in [-0.1, -0.05) is 157 Å². The highest BCUT2D eigenvalue weighted by atomic mass is 32.2. The fourth-order valence-corrected chi connectivity index (χ4v) is 13.1. The first-order valence-electron chi connectivity index (χ1n) is 22.8. The molecule has 3 aliphatic rings. The zero-order valence-corrected chi connectivity index (χ0v) is 37.5. The smallest absolute Gasteiger partial charge is 0.0473 e. The largest absolute Gasteiger partial charge is 0.310 e. The number of nitrogens with zero attached hydrogens (tertiary/aromatic N) is 2. The van der Waals surface area contributed by atoms with E-state index in [9.17, 15) is 0 Å². The van der Waals surface area contributed by atoms with Crippen molar-refractivity contribution >= 4 is 112 Å². The van der Waals surface area contributed by atoms with Crippen LogP contribution in [-0.2, 0) is 0 Å². The summed E-state index contributed by atoms with van der Waals surface area (Å²) in [6.45, 7) is 0. The third-order valence-corrected chi connectivity index (χ3v) is 16.1. The van der Waals surface area contributed by atoms with Crippen molar-refractivity contribution in [3.8, 4) is 0 Å². The zero-order valence-electron chi connectivity index (χ0n) is 35.9. The van der Waals surface area contributed by atoms with Gasteiger partial charge in [0.1, 0.15) is 0 Å². The van der Waals surface area contributed by atoms with E-state index >= 15 is 0 Å². The first kappa shape index (κ1) is 37.8. The number of benzene rings is 11. The Morgan fingerprint density at radius 1 is 0.258 bits per heavy atom. The molecule has 0 atom stereocenters. The van der Waals surface area contributed by atoms with Crippen LogP contribution in [0.5, 0.6) is 0 Å². The molecule has 0 saturated carbocycles. The van der Waals surface area contributed by atoms with Crippen LogP contribution in [0, 0.1) is 0 Å². The van der Waals surface area contributed by atoms with Crippen LogP contribution in [0.1, 0.15) is 24.0 Å². The lowest BCUT2D eigenvalue weighted by atomic mass is 9.86. The summed E-state index contributed by atoms with van der Waals surface area (Å²) in [4.78, 5) is 10.2. The van der Waals surface area contributed by atoms with Crippen molar-refractivity contribution in [1.29, 1.82) is 0 Å². The van der Waals surface area contributed by atoms with E-state index in [2.05, 4.69) is 228 Å². The van der Waals surface area contributed by atoms with Crippen LogP contribution in [0.3, 0.4) is 0 Å². The molecule has 310 valence electrons. The van der Waals surface area contributed by atoms with E-state index in [0.717, 1.165) is 35.6 Å². The summed E-state index contributed by atoms with van der Waals surface area (Å²) in [5.74, 6) is 0. The molecule has 0 radical (unpaired) electrons. The Hall–Kier alpha value is -7.50. The summed E-state index contributed by atoms with van der Waals surface area (Å²) in [5.41, 5.74) is 12.6. The van der Waals surface area contributed by atoms with Gasteiger partial charge >= 0.3 is 0 Å². The molecule has 1 aliphatic carbocycles. The molecule has 0 bridgehead atoms. The molecular formula is C62H40N2S2. The van der Waals surface area contributed by atoms with Gasteiger partial charge in [-0.3, -0.25) is 0 Å². The van der Waals surface area contributed by atoms with Crippen molar-refractivity contribution in [3.63, 3.8) is 0 Å². The number of anilines is 6. The van der Waals surface area contributed by atoms with E-state index in [-0.39, 0.29) is 0 Å². The molecule has 0 amide bonds. The maximum Gasteiger partial charge on any atom is 0.0473 e. The van der Waals surface area contributed by atoms with Crippen LogP contribution in [0.2, 0.25) is 0 Å². The minimum atomic E-state index is 1.01. The highest BCUT2D eigenvalue weighted by Gasteiger charge is 2.29. The van der Waals surface area contributed by atoms with Crippen molar-refractivity contribution in [2.75, 3.05) is 9.80 Å². The Kier molecular flexibility index (Phi) is 8.62. The second-order valence-corrected chi connectivity index (χ2v) is 19.8. The third kappa shape index (κ3) is 6.13. The Bertz CT molecular complexity index is 3570. The first-order chi connectivity index (χ1) is 32.7. The van der Waals surface area contributed by atoms with Gasteiger partial charge in [-0.05, 0) is 163 Å². The molecule has 66 heavy (non-hydrogen) atoms. The van der Waals surface area contributed by atoms with Crippen molar-refractivity contribution in [3.05, 3.63) is 240 Å². The van der Waals surface area contributed by atoms with Gasteiger partial charge in [0, 0.05) is 64.1 Å². The average Bonchev–Trinajstić information content (AvgIpc) is 3.37. The molecule has 0 spiro atoms. The number of hydrogen-bond donors (Lipinski definition) is 0. The Labute approximate surface area is 391 Å². The third-order valence-electron chi connectivity index (χ3n) is 13.9. The van der Waals surface area contributed by atoms with Gasteiger partial charge < -0.3 is 9.80 Å². The molecule has 0 N–H and O–H groups in total. The van der Waals surface area contributed by atoms with Gasteiger partial charge in [0.25, 0.3) is 0 Å². The van der Waals surface area contributed by atoms with Crippen LogP contribution in [0.25, 0.3) is 54.2 Å². The molecule has 0 saturated heterocycles. The highest BCUT2D eigenvalue weighted by Crippen LogP contribution is 2.48. The quantitative estimate of drug-likeness (QED) is 0.164. The van der Waals surface area contributed by atoms with Crippen molar-refractivity contribution in [2.24, 2.45) is 0 Å². The molecular weight excluding hydrogens is 837 g/mol. The van der Waals surface area contributed by atoms with Crippen molar-refractivity contribution < 1.29 is 0 Å². The molecule has 4 heteroatoms. The number of hydrogen-bond acceptors (Lipinski definition) is 4. The predicted molar refractivity (Wildman–Crippen MR) is 280 cm³/mol. The molecule has 0 aromatic heterocycles. The van der Waals surface area contributed by atoms with E-state index < -0.39 is 0 Å². The SMILES string of the molecule is c1ccc2cc(N(c3ccc4c(c3)Sc3ccc5c6c3=C4CCC=6c3ccc(N(c4ccc6ccccc6c4)c4ccc6ccccc6c4)cc3S5)c3ccc4ccccc4c3)ccc2c1. The normalized spacial score (nSPS) is 13.5. The van der Waals surface area contributed by atoms with E-state index in [0.29, 0.717) is 0 Å². The summed E-state index contributed by atoms with van der Waals surface area (Å²) in [5, 5.41) is 12.8. The van der Waals surface area contributed by atoms with Gasteiger partial charge in [0.2, 0.25) is 0 Å². The topological polar surface area (TPSA) is 6.48 Å². The lowest BCUT2D eigenvalue weighted by molar-refractivity contribution is 0.982. The van der Waals surface area contributed by atoms with Gasteiger partial charge in [0.05, 0.1) is 0 Å². The highest BCUT2D eigenvalue weighted by molar-refractivity contribution is 8.00. The fraction of sp³-hybridized carbons (Fsp3) is 0.0323. The standard InChI is InChI=1S/C62H40N2S2/c1-5-13-43-33-47(21-17-39(43)9-1)63(48-22-18-40-10-2-6-14-44(40)34-48)51-25-27-53-55-29-30-56-54-28-26-52(38-60(54)66-58-32-31-57(61(55)62(56)58)65-59(53)37-51)64(49-23-19-41-11-3-7-15-45(41)35-49)50-24-20-42-12-4-8-16-46(42)36-50/h1-28,31-38H,29-30H2. The molecule has 11 aromatic rings. The van der Waals surface area contributed by atoms with Gasteiger partial charge in [0.15, 0.2) is 0 Å². The second-order valence-electron chi connectivity index (χ2n) is 17.6. The van der Waals surface area contributed by atoms with Gasteiger partial charge in [-0.25, -0.2) is 0 Å². The first-order valence-corrected chi connectivity index (χ1v) is 24.4. The van der Waals surface area contributed by atoms with Crippen LogP contribution in [0.4, 0.5) is 34.1 Å². The summed E-state index contributed by atoms with van der Waals surface area (Å²) in [7, 11) is 0. The molecule has 0 unspecified atom stereocenters. The monoisotopic (exact) mass is 876 g/mol. The van der Waals surface area contributed by atoms with E-state index in [1.165, 1.54) is 107 Å². The maximum absolute atomic E-state index is 2.43. The van der Waals surface area contributed by atoms with E-state index in [1.54, 1.807) is 0 Å².